The smallest absolute Gasteiger partial charge is 0.223 e. The van der Waals surface area contributed by atoms with Gasteiger partial charge in [0.05, 0.1) is 0 Å². The molecule has 1 unspecified atom stereocenters. The van der Waals surface area contributed by atoms with Crippen LogP contribution in [0.1, 0.15) is 72.1 Å². The Morgan fingerprint density at radius 3 is 2.24 bits per heavy atom. The molecule has 2 fully saturated rings. The molecule has 3 nitrogen and oxygen atoms in total. The summed E-state index contributed by atoms with van der Waals surface area (Å²) in [5.74, 6) is 1.35. The summed E-state index contributed by atoms with van der Waals surface area (Å²) in [7, 11) is 0. The van der Waals surface area contributed by atoms with Crippen LogP contribution in [0.25, 0.3) is 0 Å². The normalized spacial score (nSPS) is 24.2. The molecule has 1 saturated carbocycles. The molecule has 2 aliphatic rings. The topological polar surface area (TPSA) is 32.3 Å². The van der Waals surface area contributed by atoms with Crippen molar-refractivity contribution in [1.82, 2.24) is 10.2 Å². The molecule has 1 N–H and O–H groups in total. The summed E-state index contributed by atoms with van der Waals surface area (Å²) in [6, 6.07) is 1.12. The van der Waals surface area contributed by atoms with Crippen LogP contribution in [0.15, 0.2) is 0 Å². The molecule has 1 amide bonds. The maximum atomic E-state index is 12.4. The number of hydrogen-bond acceptors (Lipinski definition) is 2. The van der Waals surface area contributed by atoms with Gasteiger partial charge in [0.15, 0.2) is 0 Å². The number of amides is 1. The molecule has 0 aromatic heterocycles. The molecule has 0 radical (unpaired) electrons. The SMILES string of the molecule is CC(C)CC(C)N1CCC(C(=O)NC2CCCCC2)CC1. The Morgan fingerprint density at radius 2 is 1.67 bits per heavy atom. The first-order valence-corrected chi connectivity index (χ1v) is 9.10. The van der Waals surface area contributed by atoms with Crippen molar-refractivity contribution in [3.05, 3.63) is 0 Å². The number of carbonyl (C=O) groups excluding carboxylic acids is 1. The van der Waals surface area contributed by atoms with Crippen LogP contribution in [0.2, 0.25) is 0 Å². The molecule has 1 saturated heterocycles. The van der Waals surface area contributed by atoms with Crippen LogP contribution < -0.4 is 5.32 Å². The minimum atomic E-state index is 0.259. The van der Waals surface area contributed by atoms with Gasteiger partial charge in [0.25, 0.3) is 0 Å². The number of nitrogens with one attached hydrogen (secondary N) is 1. The second-order valence-electron chi connectivity index (χ2n) is 7.63. The molecule has 1 aliphatic heterocycles. The van der Waals surface area contributed by atoms with Gasteiger partial charge in [-0.2, -0.15) is 0 Å². The lowest BCUT2D eigenvalue weighted by atomic mass is 9.91. The fourth-order valence-corrected chi connectivity index (χ4v) is 4.00. The van der Waals surface area contributed by atoms with E-state index in [2.05, 4.69) is 31.0 Å². The summed E-state index contributed by atoms with van der Waals surface area (Å²) in [6.07, 6.45) is 9.65. The molecular formula is C18H34N2O. The van der Waals surface area contributed by atoms with Crippen LogP contribution in [0.5, 0.6) is 0 Å². The monoisotopic (exact) mass is 294 g/mol. The van der Waals surface area contributed by atoms with Crippen molar-refractivity contribution in [2.24, 2.45) is 11.8 Å². The fraction of sp³-hybridized carbons (Fsp3) is 0.944. The van der Waals surface area contributed by atoms with Crippen molar-refractivity contribution in [3.63, 3.8) is 0 Å². The Bertz CT molecular complexity index is 315. The van der Waals surface area contributed by atoms with Crippen LogP contribution in [-0.2, 0) is 4.79 Å². The van der Waals surface area contributed by atoms with Crippen molar-refractivity contribution in [1.29, 1.82) is 0 Å². The molecule has 1 heterocycles. The van der Waals surface area contributed by atoms with E-state index in [1.807, 2.05) is 0 Å². The van der Waals surface area contributed by atoms with Gasteiger partial charge in [0.1, 0.15) is 0 Å². The summed E-state index contributed by atoms with van der Waals surface area (Å²) >= 11 is 0. The molecule has 0 aromatic rings. The zero-order valence-electron chi connectivity index (χ0n) is 14.2. The average Bonchev–Trinajstić information content (AvgIpc) is 2.47. The van der Waals surface area contributed by atoms with E-state index in [1.165, 1.54) is 38.5 Å². The Balaban J connectivity index is 1.71. The van der Waals surface area contributed by atoms with Crippen LogP contribution >= 0.6 is 0 Å². The van der Waals surface area contributed by atoms with E-state index in [-0.39, 0.29) is 5.92 Å². The summed E-state index contributed by atoms with van der Waals surface area (Å²) in [5.41, 5.74) is 0. The van der Waals surface area contributed by atoms with Crippen LogP contribution in [0, 0.1) is 11.8 Å². The molecule has 1 aliphatic carbocycles. The highest BCUT2D eigenvalue weighted by Gasteiger charge is 2.28. The van der Waals surface area contributed by atoms with E-state index in [9.17, 15) is 4.79 Å². The number of hydrogen-bond donors (Lipinski definition) is 1. The maximum absolute atomic E-state index is 12.4. The molecule has 1 atom stereocenters. The van der Waals surface area contributed by atoms with Crippen LogP contribution in [0.3, 0.4) is 0 Å². The summed E-state index contributed by atoms with van der Waals surface area (Å²) < 4.78 is 0. The van der Waals surface area contributed by atoms with Gasteiger partial charge in [-0.05, 0) is 58.0 Å². The van der Waals surface area contributed by atoms with Crippen molar-refractivity contribution in [2.45, 2.75) is 84.2 Å². The lowest BCUT2D eigenvalue weighted by Crippen LogP contribution is -2.46. The summed E-state index contributed by atoms with van der Waals surface area (Å²) in [5, 5.41) is 3.31. The van der Waals surface area contributed by atoms with Crippen LogP contribution in [0.4, 0.5) is 0 Å². The van der Waals surface area contributed by atoms with E-state index in [1.54, 1.807) is 0 Å². The molecule has 21 heavy (non-hydrogen) atoms. The minimum absolute atomic E-state index is 0.259. The van der Waals surface area contributed by atoms with Gasteiger partial charge in [-0.1, -0.05) is 33.1 Å². The third kappa shape index (κ3) is 5.28. The van der Waals surface area contributed by atoms with Crippen molar-refractivity contribution < 1.29 is 4.79 Å². The fourth-order valence-electron chi connectivity index (χ4n) is 4.00. The summed E-state index contributed by atoms with van der Waals surface area (Å²) in [6.45, 7) is 9.11. The quantitative estimate of drug-likeness (QED) is 0.840. The zero-order valence-corrected chi connectivity index (χ0v) is 14.2. The summed E-state index contributed by atoms with van der Waals surface area (Å²) in [4.78, 5) is 15.0. The Labute approximate surface area is 130 Å². The Morgan fingerprint density at radius 1 is 1.05 bits per heavy atom. The standard InChI is InChI=1S/C18H34N2O/c1-14(2)13-15(3)20-11-9-16(10-12-20)18(21)19-17-7-5-4-6-8-17/h14-17H,4-13H2,1-3H3,(H,19,21). The molecule has 0 spiro atoms. The highest BCUT2D eigenvalue weighted by Crippen LogP contribution is 2.23. The highest BCUT2D eigenvalue weighted by atomic mass is 16.1. The first-order valence-electron chi connectivity index (χ1n) is 9.10. The minimum Gasteiger partial charge on any atom is -0.353 e. The van der Waals surface area contributed by atoms with E-state index in [4.69, 9.17) is 0 Å². The third-order valence-electron chi connectivity index (χ3n) is 5.29. The number of piperidine rings is 1. The third-order valence-corrected chi connectivity index (χ3v) is 5.29. The van der Waals surface area contributed by atoms with E-state index in [0.29, 0.717) is 18.0 Å². The first kappa shape index (κ1) is 16.8. The van der Waals surface area contributed by atoms with Gasteiger partial charge < -0.3 is 10.2 Å². The second kappa shape index (κ2) is 8.17. The molecule has 122 valence electrons. The van der Waals surface area contributed by atoms with E-state index in [0.717, 1.165) is 31.8 Å². The zero-order chi connectivity index (χ0) is 15.2. The number of likely N-dealkylation sites (tertiary alicyclic amines) is 1. The number of rotatable bonds is 5. The Hall–Kier alpha value is -0.570. The highest BCUT2D eigenvalue weighted by molar-refractivity contribution is 5.79. The van der Waals surface area contributed by atoms with E-state index >= 15 is 0 Å². The van der Waals surface area contributed by atoms with Gasteiger partial charge >= 0.3 is 0 Å². The number of carbonyl (C=O) groups is 1. The van der Waals surface area contributed by atoms with Crippen molar-refractivity contribution in [2.75, 3.05) is 13.1 Å². The van der Waals surface area contributed by atoms with Gasteiger partial charge in [-0.15, -0.1) is 0 Å². The van der Waals surface area contributed by atoms with Gasteiger partial charge in [0.2, 0.25) is 5.91 Å². The molecule has 3 heteroatoms. The largest absolute Gasteiger partial charge is 0.353 e. The second-order valence-corrected chi connectivity index (χ2v) is 7.63. The van der Waals surface area contributed by atoms with Gasteiger partial charge in [-0.3, -0.25) is 4.79 Å². The maximum Gasteiger partial charge on any atom is 0.223 e. The molecule has 2 rings (SSSR count). The van der Waals surface area contributed by atoms with Crippen molar-refractivity contribution in [3.8, 4) is 0 Å². The predicted octanol–water partition coefficient (Wildman–Crippen LogP) is 3.58. The Kier molecular flexibility index (Phi) is 6.53. The van der Waals surface area contributed by atoms with Gasteiger partial charge in [-0.25, -0.2) is 0 Å². The lowest BCUT2D eigenvalue weighted by molar-refractivity contribution is -0.127. The van der Waals surface area contributed by atoms with Crippen LogP contribution in [-0.4, -0.2) is 36.0 Å². The first-order chi connectivity index (χ1) is 10.1. The van der Waals surface area contributed by atoms with Gasteiger partial charge in [0, 0.05) is 18.0 Å². The molecular weight excluding hydrogens is 260 g/mol. The number of nitrogens with zero attached hydrogens (tertiary/aromatic N) is 1. The average molecular weight is 294 g/mol. The molecule has 0 aromatic carbocycles. The molecule has 0 bridgehead atoms. The van der Waals surface area contributed by atoms with Crippen molar-refractivity contribution >= 4 is 5.91 Å². The van der Waals surface area contributed by atoms with E-state index < -0.39 is 0 Å². The lowest BCUT2D eigenvalue weighted by Gasteiger charge is -2.36. The predicted molar refractivity (Wildman–Crippen MR) is 88.2 cm³/mol.